The maximum atomic E-state index is 5.88. The lowest BCUT2D eigenvalue weighted by Crippen LogP contribution is -2.26. The van der Waals surface area contributed by atoms with Crippen molar-refractivity contribution in [3.63, 3.8) is 0 Å². The summed E-state index contributed by atoms with van der Waals surface area (Å²) >= 11 is 0. The third-order valence-electron chi connectivity index (χ3n) is 5.28. The topological polar surface area (TPSA) is 98.9 Å². The van der Waals surface area contributed by atoms with Crippen LogP contribution in [0.15, 0.2) is 47.4 Å². The Morgan fingerprint density at radius 2 is 2.14 bits per heavy atom. The van der Waals surface area contributed by atoms with Crippen LogP contribution < -0.4 is 5.73 Å². The first-order valence-corrected chi connectivity index (χ1v) is 10.2. The summed E-state index contributed by atoms with van der Waals surface area (Å²) in [7, 11) is 0. The summed E-state index contributed by atoms with van der Waals surface area (Å²) < 4.78 is 7.40. The third kappa shape index (κ3) is 4.31. The Labute approximate surface area is 170 Å². The highest BCUT2D eigenvalue weighted by Gasteiger charge is 2.30. The van der Waals surface area contributed by atoms with Gasteiger partial charge in [-0.25, -0.2) is 4.68 Å². The number of benzene rings is 1. The molecule has 0 bridgehead atoms. The second-order valence-corrected chi connectivity index (χ2v) is 7.51. The third-order valence-corrected chi connectivity index (χ3v) is 5.28. The standard InChI is InChI=1S/C21H27N7O/c1-3-4-6-18-14-27(26-24-18)13-16-8-10-17(11-9-16)20-23-21(29-25-20)19-7-5-12-28(19)15(2)22/h8-11,14,19H,2-7,12-13,22H2,1H3. The molecule has 2 N–H and O–H groups in total. The average molecular weight is 393 g/mol. The molecule has 0 radical (unpaired) electrons. The molecule has 3 heterocycles. The van der Waals surface area contributed by atoms with Gasteiger partial charge < -0.3 is 15.2 Å². The van der Waals surface area contributed by atoms with Crippen molar-refractivity contribution in [3.8, 4) is 11.4 Å². The zero-order valence-corrected chi connectivity index (χ0v) is 16.8. The summed E-state index contributed by atoms with van der Waals surface area (Å²) in [6.45, 7) is 7.58. The van der Waals surface area contributed by atoms with Gasteiger partial charge >= 0.3 is 0 Å². The van der Waals surface area contributed by atoms with Gasteiger partial charge in [0.1, 0.15) is 6.04 Å². The Morgan fingerprint density at radius 3 is 2.90 bits per heavy atom. The van der Waals surface area contributed by atoms with Crippen molar-refractivity contribution in [1.82, 2.24) is 30.0 Å². The Hall–Kier alpha value is -3.16. The predicted octanol–water partition coefficient (Wildman–Crippen LogP) is 3.29. The highest BCUT2D eigenvalue weighted by Crippen LogP contribution is 2.33. The van der Waals surface area contributed by atoms with E-state index in [-0.39, 0.29) is 6.04 Å². The molecule has 8 heteroatoms. The molecule has 0 spiro atoms. The lowest BCUT2D eigenvalue weighted by molar-refractivity contribution is 0.250. The van der Waals surface area contributed by atoms with Gasteiger partial charge in [0.25, 0.3) is 0 Å². The van der Waals surface area contributed by atoms with E-state index in [0.717, 1.165) is 55.5 Å². The van der Waals surface area contributed by atoms with Crippen molar-refractivity contribution in [1.29, 1.82) is 0 Å². The largest absolute Gasteiger partial charge is 0.386 e. The van der Waals surface area contributed by atoms with Crippen molar-refractivity contribution < 1.29 is 4.52 Å². The normalized spacial score (nSPS) is 16.4. The molecule has 0 saturated carbocycles. The van der Waals surface area contributed by atoms with E-state index in [2.05, 4.69) is 46.1 Å². The van der Waals surface area contributed by atoms with Gasteiger partial charge in [-0.05, 0) is 31.2 Å². The number of unbranched alkanes of at least 4 members (excludes halogenated alkanes) is 1. The van der Waals surface area contributed by atoms with E-state index in [4.69, 9.17) is 10.3 Å². The Kier molecular flexibility index (Phi) is 5.59. The molecule has 8 nitrogen and oxygen atoms in total. The van der Waals surface area contributed by atoms with Crippen molar-refractivity contribution in [2.45, 2.75) is 51.6 Å². The van der Waals surface area contributed by atoms with Crippen molar-refractivity contribution in [2.24, 2.45) is 5.73 Å². The van der Waals surface area contributed by atoms with Crippen LogP contribution in [0.3, 0.4) is 0 Å². The lowest BCUT2D eigenvalue weighted by atomic mass is 10.1. The Bertz CT molecular complexity index is 960. The SMILES string of the molecule is C=C(N)N1CCCC1c1nc(-c2ccc(Cn3cc(CCCC)nn3)cc2)no1. The molecule has 152 valence electrons. The molecule has 1 saturated heterocycles. The maximum Gasteiger partial charge on any atom is 0.249 e. The number of rotatable bonds is 8. The van der Waals surface area contributed by atoms with Crippen LogP contribution >= 0.6 is 0 Å². The number of hydrogen-bond donors (Lipinski definition) is 1. The van der Waals surface area contributed by atoms with E-state index >= 15 is 0 Å². The summed E-state index contributed by atoms with van der Waals surface area (Å²) in [5, 5.41) is 12.6. The molecule has 1 aromatic carbocycles. The number of aryl methyl sites for hydroxylation is 1. The van der Waals surface area contributed by atoms with Gasteiger partial charge in [0.2, 0.25) is 11.7 Å². The molecule has 1 unspecified atom stereocenters. The molecule has 2 aromatic heterocycles. The van der Waals surface area contributed by atoms with Crippen molar-refractivity contribution in [3.05, 3.63) is 60.0 Å². The zero-order valence-electron chi connectivity index (χ0n) is 16.8. The number of aromatic nitrogens is 5. The molecule has 3 aromatic rings. The van der Waals surface area contributed by atoms with Gasteiger partial charge in [-0.1, -0.05) is 54.6 Å². The minimum Gasteiger partial charge on any atom is -0.386 e. The number of nitrogens with two attached hydrogens (primary N) is 1. The predicted molar refractivity (Wildman–Crippen MR) is 109 cm³/mol. The van der Waals surface area contributed by atoms with E-state index in [1.54, 1.807) is 0 Å². The summed E-state index contributed by atoms with van der Waals surface area (Å²) in [5.41, 5.74) is 8.99. The maximum absolute atomic E-state index is 5.88. The van der Waals surface area contributed by atoms with E-state index < -0.39 is 0 Å². The fourth-order valence-corrected chi connectivity index (χ4v) is 3.69. The van der Waals surface area contributed by atoms with E-state index in [9.17, 15) is 0 Å². The first kappa shape index (κ1) is 19.2. The minimum absolute atomic E-state index is 0.0160. The number of likely N-dealkylation sites (tertiary alicyclic amines) is 1. The van der Waals surface area contributed by atoms with Crippen LogP contribution in [0.1, 0.15) is 55.8 Å². The highest BCUT2D eigenvalue weighted by molar-refractivity contribution is 5.54. The second-order valence-electron chi connectivity index (χ2n) is 7.51. The van der Waals surface area contributed by atoms with Crippen LogP contribution in [0.4, 0.5) is 0 Å². The smallest absolute Gasteiger partial charge is 0.249 e. The van der Waals surface area contributed by atoms with Crippen molar-refractivity contribution in [2.75, 3.05) is 6.54 Å². The van der Waals surface area contributed by atoms with Crippen LogP contribution in [0.25, 0.3) is 11.4 Å². The van der Waals surface area contributed by atoms with Crippen LogP contribution in [-0.2, 0) is 13.0 Å². The van der Waals surface area contributed by atoms with Gasteiger partial charge in [0, 0.05) is 18.3 Å². The van der Waals surface area contributed by atoms with Crippen LogP contribution in [-0.4, -0.2) is 36.6 Å². The van der Waals surface area contributed by atoms with Gasteiger partial charge in [0.15, 0.2) is 0 Å². The van der Waals surface area contributed by atoms with Gasteiger partial charge in [-0.2, -0.15) is 4.98 Å². The average Bonchev–Trinajstić information content (AvgIpc) is 3.47. The summed E-state index contributed by atoms with van der Waals surface area (Å²) in [4.78, 5) is 6.62. The molecule has 1 fully saturated rings. The molecule has 1 aliphatic heterocycles. The lowest BCUT2D eigenvalue weighted by Gasteiger charge is -2.22. The zero-order chi connectivity index (χ0) is 20.2. The van der Waals surface area contributed by atoms with Gasteiger partial charge in [-0.3, -0.25) is 0 Å². The summed E-state index contributed by atoms with van der Waals surface area (Å²) in [5.74, 6) is 1.72. The van der Waals surface area contributed by atoms with Gasteiger partial charge in [-0.15, -0.1) is 5.10 Å². The van der Waals surface area contributed by atoms with Crippen LogP contribution in [0.2, 0.25) is 0 Å². The molecule has 0 aliphatic carbocycles. The van der Waals surface area contributed by atoms with E-state index in [1.165, 1.54) is 0 Å². The van der Waals surface area contributed by atoms with Crippen LogP contribution in [0.5, 0.6) is 0 Å². The molecular formula is C21H27N7O. The molecule has 29 heavy (non-hydrogen) atoms. The highest BCUT2D eigenvalue weighted by atomic mass is 16.5. The van der Waals surface area contributed by atoms with E-state index in [0.29, 0.717) is 24.1 Å². The molecule has 0 amide bonds. The molecule has 1 atom stereocenters. The van der Waals surface area contributed by atoms with E-state index in [1.807, 2.05) is 27.9 Å². The fraction of sp³-hybridized carbons (Fsp3) is 0.429. The Balaban J connectivity index is 1.42. The minimum atomic E-state index is 0.0160. The first-order valence-electron chi connectivity index (χ1n) is 10.2. The molecular weight excluding hydrogens is 366 g/mol. The van der Waals surface area contributed by atoms with Gasteiger partial charge in [0.05, 0.1) is 18.1 Å². The molecule has 1 aliphatic rings. The van der Waals surface area contributed by atoms with Crippen molar-refractivity contribution >= 4 is 0 Å². The summed E-state index contributed by atoms with van der Waals surface area (Å²) in [6, 6.07) is 8.15. The number of nitrogens with zero attached hydrogens (tertiary/aromatic N) is 6. The second kappa shape index (κ2) is 8.46. The monoisotopic (exact) mass is 393 g/mol. The quantitative estimate of drug-likeness (QED) is 0.627. The summed E-state index contributed by atoms with van der Waals surface area (Å²) in [6.07, 6.45) is 7.27. The molecule has 4 rings (SSSR count). The number of hydrogen-bond acceptors (Lipinski definition) is 7. The fourth-order valence-electron chi connectivity index (χ4n) is 3.69. The van der Waals surface area contributed by atoms with Crippen LogP contribution in [0, 0.1) is 0 Å². The first-order chi connectivity index (χ1) is 14.1. The Morgan fingerprint density at radius 1 is 1.31 bits per heavy atom.